The summed E-state index contributed by atoms with van der Waals surface area (Å²) in [5, 5.41) is 0. The number of benzene rings is 1. The zero-order chi connectivity index (χ0) is 15.8. The summed E-state index contributed by atoms with van der Waals surface area (Å²) in [6, 6.07) is 7.62. The number of likely N-dealkylation sites (N-methyl/N-ethyl adjacent to an activating group) is 1. The number of carbonyl (C=O) groups excluding carboxylic acids is 1. The molecule has 1 aromatic rings. The number of carbonyl (C=O) groups is 1. The molecule has 0 bridgehead atoms. The van der Waals surface area contributed by atoms with E-state index in [4.69, 9.17) is 9.47 Å². The first-order chi connectivity index (χ1) is 9.99. The molecule has 0 aromatic heterocycles. The van der Waals surface area contributed by atoms with Gasteiger partial charge in [-0.1, -0.05) is 12.1 Å². The molecule has 0 saturated carbocycles. The molecular weight excluding hydrogens is 268 g/mol. The minimum absolute atomic E-state index is 0.105. The van der Waals surface area contributed by atoms with Crippen molar-refractivity contribution in [1.29, 1.82) is 0 Å². The summed E-state index contributed by atoms with van der Waals surface area (Å²) in [5.74, 6) is 0.919. The molecule has 118 valence electrons. The third-order valence-corrected chi connectivity index (χ3v) is 3.54. The molecule has 0 spiro atoms. The fourth-order valence-corrected chi connectivity index (χ4v) is 1.91. The van der Waals surface area contributed by atoms with E-state index >= 15 is 0 Å². The Kier molecular flexibility index (Phi) is 7.19. The average molecular weight is 294 g/mol. The number of rotatable bonds is 8. The average Bonchev–Trinajstić information content (AvgIpc) is 2.50. The quantitative estimate of drug-likeness (QED) is 0.731. The van der Waals surface area contributed by atoms with Crippen LogP contribution < -0.4 is 4.74 Å². The van der Waals surface area contributed by atoms with E-state index in [-0.39, 0.29) is 11.9 Å². The number of ether oxygens (including phenoxy) is 2. The fraction of sp³-hybridized carbons (Fsp3) is 0.562. The Morgan fingerprint density at radius 2 is 1.81 bits per heavy atom. The fourth-order valence-electron chi connectivity index (χ4n) is 1.91. The van der Waals surface area contributed by atoms with E-state index in [0.29, 0.717) is 19.7 Å². The van der Waals surface area contributed by atoms with E-state index in [9.17, 15) is 4.79 Å². The van der Waals surface area contributed by atoms with Gasteiger partial charge in [0.05, 0.1) is 19.8 Å². The van der Waals surface area contributed by atoms with Crippen molar-refractivity contribution in [2.24, 2.45) is 0 Å². The Morgan fingerprint density at radius 1 is 1.19 bits per heavy atom. The molecule has 0 radical (unpaired) electrons. The van der Waals surface area contributed by atoms with Crippen LogP contribution in [0, 0.1) is 0 Å². The van der Waals surface area contributed by atoms with Gasteiger partial charge in [-0.2, -0.15) is 0 Å². The Balaban J connectivity index is 2.78. The second-order valence-corrected chi connectivity index (χ2v) is 5.24. The lowest BCUT2D eigenvalue weighted by Gasteiger charge is -2.28. The topological polar surface area (TPSA) is 42.0 Å². The van der Waals surface area contributed by atoms with Gasteiger partial charge < -0.3 is 14.4 Å². The van der Waals surface area contributed by atoms with Crippen molar-refractivity contribution < 1.29 is 14.3 Å². The lowest BCUT2D eigenvalue weighted by Crippen LogP contribution is -2.45. The summed E-state index contributed by atoms with van der Waals surface area (Å²) >= 11 is 0. The Morgan fingerprint density at radius 3 is 2.29 bits per heavy atom. The van der Waals surface area contributed by atoms with Gasteiger partial charge >= 0.3 is 0 Å². The van der Waals surface area contributed by atoms with E-state index in [0.717, 1.165) is 11.3 Å². The number of hydrogen-bond acceptors (Lipinski definition) is 4. The highest BCUT2D eigenvalue weighted by Crippen LogP contribution is 2.14. The third kappa shape index (κ3) is 5.36. The standard InChI is InChI=1S/C16H26N2O3/c1-13(17(2)3)16(19)18(10-11-20-4)12-14-6-8-15(21-5)9-7-14/h6-9,13H,10-12H2,1-5H3. The molecule has 1 unspecified atom stereocenters. The molecule has 5 heteroatoms. The molecule has 0 aliphatic heterocycles. The first-order valence-corrected chi connectivity index (χ1v) is 7.06. The predicted octanol–water partition coefficient (Wildman–Crippen LogP) is 1.62. The van der Waals surface area contributed by atoms with Crippen LogP contribution in [0.1, 0.15) is 12.5 Å². The van der Waals surface area contributed by atoms with E-state index in [1.807, 2.05) is 55.1 Å². The van der Waals surface area contributed by atoms with Crippen LogP contribution in [0.2, 0.25) is 0 Å². The van der Waals surface area contributed by atoms with E-state index in [1.165, 1.54) is 0 Å². The molecule has 1 aromatic carbocycles. The SMILES string of the molecule is COCCN(Cc1ccc(OC)cc1)C(=O)C(C)N(C)C. The van der Waals surface area contributed by atoms with Gasteiger partial charge in [-0.3, -0.25) is 9.69 Å². The van der Waals surface area contributed by atoms with Crippen LogP contribution in [0.5, 0.6) is 5.75 Å². The van der Waals surface area contributed by atoms with E-state index in [2.05, 4.69) is 0 Å². The van der Waals surface area contributed by atoms with Crippen molar-refractivity contribution in [2.45, 2.75) is 19.5 Å². The first-order valence-electron chi connectivity index (χ1n) is 7.06. The second kappa shape index (κ2) is 8.64. The van der Waals surface area contributed by atoms with Crippen LogP contribution in [-0.2, 0) is 16.1 Å². The zero-order valence-electron chi connectivity index (χ0n) is 13.6. The summed E-state index contributed by atoms with van der Waals surface area (Å²) < 4.78 is 10.3. The number of hydrogen-bond donors (Lipinski definition) is 0. The number of nitrogens with zero attached hydrogens (tertiary/aromatic N) is 2. The molecule has 0 N–H and O–H groups in total. The number of methoxy groups -OCH3 is 2. The molecule has 0 aliphatic rings. The number of amides is 1. The van der Waals surface area contributed by atoms with Gasteiger partial charge in [0.1, 0.15) is 5.75 Å². The molecule has 1 amide bonds. The Bertz CT molecular complexity index is 432. The van der Waals surface area contributed by atoms with Crippen molar-refractivity contribution in [1.82, 2.24) is 9.80 Å². The van der Waals surface area contributed by atoms with Crippen molar-refractivity contribution in [3.05, 3.63) is 29.8 Å². The largest absolute Gasteiger partial charge is 0.497 e. The summed E-state index contributed by atoms with van der Waals surface area (Å²) in [6.45, 7) is 3.60. The monoisotopic (exact) mass is 294 g/mol. The molecular formula is C16H26N2O3. The van der Waals surface area contributed by atoms with Crippen molar-refractivity contribution in [3.63, 3.8) is 0 Å². The minimum Gasteiger partial charge on any atom is -0.497 e. The lowest BCUT2D eigenvalue weighted by molar-refractivity contribution is -0.136. The summed E-state index contributed by atoms with van der Waals surface area (Å²) in [7, 11) is 7.10. The van der Waals surface area contributed by atoms with Gasteiger partial charge in [-0.25, -0.2) is 0 Å². The smallest absolute Gasteiger partial charge is 0.240 e. The molecule has 0 aliphatic carbocycles. The molecule has 21 heavy (non-hydrogen) atoms. The highest BCUT2D eigenvalue weighted by Gasteiger charge is 2.22. The Hall–Kier alpha value is -1.59. The van der Waals surface area contributed by atoms with Crippen molar-refractivity contribution >= 4 is 5.91 Å². The minimum atomic E-state index is -0.153. The molecule has 1 atom stereocenters. The van der Waals surface area contributed by atoms with Crippen molar-refractivity contribution in [3.8, 4) is 5.75 Å². The predicted molar refractivity (Wildman–Crippen MR) is 83.4 cm³/mol. The van der Waals surface area contributed by atoms with Crippen LogP contribution >= 0.6 is 0 Å². The summed E-state index contributed by atoms with van der Waals surface area (Å²) in [4.78, 5) is 16.3. The van der Waals surface area contributed by atoms with Crippen LogP contribution in [0.15, 0.2) is 24.3 Å². The summed E-state index contributed by atoms with van der Waals surface area (Å²) in [6.07, 6.45) is 0. The van der Waals surface area contributed by atoms with Gasteiger partial charge in [0.2, 0.25) is 5.91 Å². The molecule has 0 heterocycles. The lowest BCUT2D eigenvalue weighted by atomic mass is 10.2. The highest BCUT2D eigenvalue weighted by molar-refractivity contribution is 5.81. The molecule has 1 rings (SSSR count). The maximum Gasteiger partial charge on any atom is 0.240 e. The third-order valence-electron chi connectivity index (χ3n) is 3.54. The molecule has 0 saturated heterocycles. The zero-order valence-corrected chi connectivity index (χ0v) is 13.6. The van der Waals surface area contributed by atoms with Gasteiger partial charge in [-0.15, -0.1) is 0 Å². The normalized spacial score (nSPS) is 12.3. The molecule has 5 nitrogen and oxygen atoms in total. The van der Waals surface area contributed by atoms with Crippen LogP contribution in [0.25, 0.3) is 0 Å². The van der Waals surface area contributed by atoms with Crippen molar-refractivity contribution in [2.75, 3.05) is 41.5 Å². The van der Waals surface area contributed by atoms with Gasteiger partial charge in [-0.05, 0) is 38.7 Å². The van der Waals surface area contributed by atoms with Crippen LogP contribution in [-0.4, -0.2) is 63.2 Å². The molecule has 0 fully saturated rings. The maximum absolute atomic E-state index is 12.5. The highest BCUT2D eigenvalue weighted by atomic mass is 16.5. The maximum atomic E-state index is 12.5. The Labute approximate surface area is 127 Å². The van der Waals surface area contributed by atoms with E-state index in [1.54, 1.807) is 14.2 Å². The summed E-state index contributed by atoms with van der Waals surface area (Å²) in [5.41, 5.74) is 1.08. The first kappa shape index (κ1) is 17.5. The van der Waals surface area contributed by atoms with Crippen LogP contribution in [0.3, 0.4) is 0 Å². The van der Waals surface area contributed by atoms with Gasteiger partial charge in [0, 0.05) is 20.2 Å². The second-order valence-electron chi connectivity index (χ2n) is 5.24. The van der Waals surface area contributed by atoms with Gasteiger partial charge in [0.15, 0.2) is 0 Å². The van der Waals surface area contributed by atoms with Gasteiger partial charge in [0.25, 0.3) is 0 Å². The van der Waals surface area contributed by atoms with Crippen LogP contribution in [0.4, 0.5) is 0 Å². The van der Waals surface area contributed by atoms with E-state index < -0.39 is 0 Å².